The lowest BCUT2D eigenvalue weighted by molar-refractivity contribution is 1.44. The van der Waals surface area contributed by atoms with Crippen molar-refractivity contribution in [2.45, 2.75) is 4.90 Å². The molecule has 4 heteroatoms. The fraction of sp³-hybridized carbons (Fsp3) is 0. The Morgan fingerprint density at radius 3 is 2.40 bits per heavy atom. The molecule has 0 aliphatic heterocycles. The number of nitrogens with zero attached hydrogens (tertiary/aromatic N) is 1. The maximum Gasteiger partial charge on any atom is 0.0714 e. The van der Waals surface area contributed by atoms with Gasteiger partial charge in [-0.3, -0.25) is 0 Å². The van der Waals surface area contributed by atoms with E-state index in [9.17, 15) is 0 Å². The van der Waals surface area contributed by atoms with Crippen molar-refractivity contribution in [1.82, 2.24) is 0 Å². The normalized spacial score (nSPS) is 11.8. The number of hydrogen-bond donors (Lipinski definition) is 0. The smallest absolute Gasteiger partial charge is 0.0714 e. The van der Waals surface area contributed by atoms with Crippen LogP contribution in [0.3, 0.4) is 0 Å². The minimum Gasteiger partial charge on any atom is -0.248 e. The zero-order valence-electron chi connectivity index (χ0n) is 13.3. The lowest BCUT2D eigenvalue weighted by Crippen LogP contribution is -1.95. The molecular formula is C21H15BrClNS. The van der Waals surface area contributed by atoms with E-state index in [1.165, 1.54) is 4.90 Å². The van der Waals surface area contributed by atoms with Gasteiger partial charge in [0.1, 0.15) is 0 Å². The monoisotopic (exact) mass is 427 g/mol. The molecule has 0 radical (unpaired) electrons. The molecule has 0 atom stereocenters. The summed E-state index contributed by atoms with van der Waals surface area (Å²) in [5.41, 5.74) is 2.84. The highest BCUT2D eigenvalue weighted by Gasteiger charge is 2.01. The predicted molar refractivity (Wildman–Crippen MR) is 113 cm³/mol. The molecule has 0 fully saturated rings. The van der Waals surface area contributed by atoms with E-state index < -0.39 is 0 Å². The second kappa shape index (κ2) is 9.04. The van der Waals surface area contributed by atoms with Crippen LogP contribution in [-0.2, 0) is 0 Å². The number of hydrogen-bond acceptors (Lipinski definition) is 2. The number of halogens is 2. The predicted octanol–water partition coefficient (Wildman–Crippen LogP) is 7.53. The summed E-state index contributed by atoms with van der Waals surface area (Å²) in [6, 6.07) is 25.9. The maximum atomic E-state index is 6.01. The van der Waals surface area contributed by atoms with Crippen molar-refractivity contribution in [3.63, 3.8) is 0 Å². The van der Waals surface area contributed by atoms with Crippen LogP contribution in [0.5, 0.6) is 0 Å². The molecule has 0 bridgehead atoms. The molecule has 0 aromatic heterocycles. The fourth-order valence-electron chi connectivity index (χ4n) is 2.18. The molecule has 0 heterocycles. The van der Waals surface area contributed by atoms with Crippen molar-refractivity contribution in [1.29, 1.82) is 0 Å². The highest BCUT2D eigenvalue weighted by atomic mass is 79.9. The third-order valence-corrected chi connectivity index (χ3v) is 4.92. The van der Waals surface area contributed by atoms with Gasteiger partial charge >= 0.3 is 0 Å². The van der Waals surface area contributed by atoms with Crippen LogP contribution in [0.4, 0.5) is 5.69 Å². The summed E-state index contributed by atoms with van der Waals surface area (Å²) < 4.78 is 1.07. The van der Waals surface area contributed by atoms with Crippen molar-refractivity contribution >= 4 is 50.7 Å². The van der Waals surface area contributed by atoms with E-state index in [1.54, 1.807) is 11.8 Å². The number of rotatable bonds is 5. The van der Waals surface area contributed by atoms with Crippen LogP contribution in [0.2, 0.25) is 5.02 Å². The highest BCUT2D eigenvalue weighted by Crippen LogP contribution is 2.24. The molecule has 0 spiro atoms. The van der Waals surface area contributed by atoms with Crippen LogP contribution in [0.25, 0.3) is 0 Å². The van der Waals surface area contributed by atoms with Crippen molar-refractivity contribution in [3.8, 4) is 0 Å². The van der Waals surface area contributed by atoms with Gasteiger partial charge in [0.2, 0.25) is 0 Å². The van der Waals surface area contributed by atoms with Gasteiger partial charge in [0.05, 0.1) is 11.4 Å². The Bertz CT molecular complexity index is 889. The van der Waals surface area contributed by atoms with Crippen molar-refractivity contribution in [3.05, 3.63) is 105 Å². The summed E-state index contributed by atoms with van der Waals surface area (Å²) in [4.78, 5) is 5.94. The second-order valence-corrected chi connectivity index (χ2v) is 7.55. The first-order chi connectivity index (χ1) is 12.2. The molecule has 0 aliphatic rings. The minimum atomic E-state index is 0.718. The summed E-state index contributed by atoms with van der Waals surface area (Å²) in [5.74, 6) is 0. The van der Waals surface area contributed by atoms with Crippen LogP contribution in [0.1, 0.15) is 5.56 Å². The second-order valence-electron chi connectivity index (χ2n) is 5.22. The van der Waals surface area contributed by atoms with Crippen LogP contribution >= 0.6 is 39.3 Å². The van der Waals surface area contributed by atoms with Gasteiger partial charge in [-0.2, -0.15) is 0 Å². The van der Waals surface area contributed by atoms with Crippen molar-refractivity contribution in [2.24, 2.45) is 4.99 Å². The average Bonchev–Trinajstić information content (AvgIpc) is 2.63. The summed E-state index contributed by atoms with van der Waals surface area (Å²) >= 11 is 11.2. The Kier molecular flexibility index (Phi) is 6.51. The molecule has 0 saturated heterocycles. The van der Waals surface area contributed by atoms with Gasteiger partial charge in [-0.05, 0) is 53.9 Å². The van der Waals surface area contributed by atoms with Gasteiger partial charge in [-0.25, -0.2) is 4.99 Å². The molecule has 3 aromatic carbocycles. The Hall–Kier alpha value is -1.81. The molecule has 3 aromatic rings. The van der Waals surface area contributed by atoms with E-state index >= 15 is 0 Å². The van der Waals surface area contributed by atoms with Gasteiger partial charge in [0, 0.05) is 20.0 Å². The number of allylic oxidation sites excluding steroid dienone is 1. The molecule has 25 heavy (non-hydrogen) atoms. The van der Waals surface area contributed by atoms with E-state index in [-0.39, 0.29) is 0 Å². The van der Waals surface area contributed by atoms with E-state index in [0.29, 0.717) is 0 Å². The van der Waals surface area contributed by atoms with E-state index in [1.807, 2.05) is 72.8 Å². The molecule has 0 N–H and O–H groups in total. The van der Waals surface area contributed by atoms with E-state index in [2.05, 4.69) is 33.5 Å². The van der Waals surface area contributed by atoms with Gasteiger partial charge in [-0.1, -0.05) is 75.7 Å². The number of para-hydroxylation sites is 1. The van der Waals surface area contributed by atoms with E-state index in [4.69, 9.17) is 16.6 Å². The summed E-state index contributed by atoms with van der Waals surface area (Å²) in [7, 11) is 0. The van der Waals surface area contributed by atoms with Crippen molar-refractivity contribution in [2.75, 3.05) is 0 Å². The Balaban J connectivity index is 1.87. The number of aliphatic imine (C=N–C) groups is 1. The first-order valence-corrected chi connectivity index (χ1v) is 9.74. The van der Waals surface area contributed by atoms with Crippen LogP contribution in [0.15, 0.2) is 105 Å². The third kappa shape index (κ3) is 5.60. The summed E-state index contributed by atoms with van der Waals surface area (Å²) in [5, 5.41) is 2.77. The molecule has 1 nitrogen and oxygen atoms in total. The fourth-order valence-corrected chi connectivity index (χ4v) is 3.56. The summed E-state index contributed by atoms with van der Waals surface area (Å²) in [6.45, 7) is 0. The molecule has 3 rings (SSSR count). The Morgan fingerprint density at radius 1 is 0.920 bits per heavy atom. The van der Waals surface area contributed by atoms with Crippen molar-refractivity contribution < 1.29 is 0 Å². The SMILES string of the molecule is Clc1ccc(C(C=CSc2cccc(Br)c2)=Nc2ccccc2)cc1. The van der Waals surface area contributed by atoms with Crippen LogP contribution < -0.4 is 0 Å². The topological polar surface area (TPSA) is 12.4 Å². The standard InChI is InChI=1S/C21H15BrClNS/c22-17-5-4-8-20(15-17)25-14-13-21(16-9-11-18(23)12-10-16)24-19-6-2-1-3-7-19/h1-15H. The molecular weight excluding hydrogens is 414 g/mol. The van der Waals surface area contributed by atoms with E-state index in [0.717, 1.165) is 26.5 Å². The molecule has 124 valence electrons. The molecule has 0 unspecified atom stereocenters. The Morgan fingerprint density at radius 2 is 1.68 bits per heavy atom. The lowest BCUT2D eigenvalue weighted by Gasteiger charge is -2.03. The summed E-state index contributed by atoms with van der Waals surface area (Å²) in [6.07, 6.45) is 2.03. The number of thioether (sulfide) groups is 1. The van der Waals surface area contributed by atoms with Crippen LogP contribution in [0, 0.1) is 0 Å². The highest BCUT2D eigenvalue weighted by molar-refractivity contribution is 9.10. The van der Waals surface area contributed by atoms with Gasteiger partial charge < -0.3 is 0 Å². The zero-order chi connectivity index (χ0) is 17.5. The maximum absolute atomic E-state index is 6.01. The van der Waals surface area contributed by atoms with Gasteiger partial charge in [-0.15, -0.1) is 0 Å². The molecule has 0 aliphatic carbocycles. The first-order valence-electron chi connectivity index (χ1n) is 7.69. The Labute approximate surface area is 165 Å². The zero-order valence-corrected chi connectivity index (χ0v) is 16.4. The average molecular weight is 429 g/mol. The van der Waals surface area contributed by atoms with Crippen LogP contribution in [-0.4, -0.2) is 5.71 Å². The first kappa shape index (κ1) is 18.0. The minimum absolute atomic E-state index is 0.718. The van der Waals surface area contributed by atoms with Gasteiger partial charge in [0.25, 0.3) is 0 Å². The third-order valence-electron chi connectivity index (χ3n) is 3.37. The quantitative estimate of drug-likeness (QED) is 0.302. The van der Waals surface area contributed by atoms with Gasteiger partial charge in [0.15, 0.2) is 0 Å². The molecule has 0 saturated carbocycles. The largest absolute Gasteiger partial charge is 0.248 e. The number of benzene rings is 3. The molecule has 0 amide bonds. The lowest BCUT2D eigenvalue weighted by atomic mass is 10.1.